The van der Waals surface area contributed by atoms with Crippen LogP contribution < -0.4 is 4.18 Å². The van der Waals surface area contributed by atoms with Gasteiger partial charge in [-0.05, 0) is 12.1 Å². The Labute approximate surface area is 113 Å². The summed E-state index contributed by atoms with van der Waals surface area (Å²) in [5.41, 5.74) is 0. The number of para-hydroxylation sites is 1. The fraction of sp³-hybridized carbons (Fsp3) is 0. The number of benzene rings is 1. The minimum absolute atomic E-state index is 0. The molecule has 0 aliphatic carbocycles. The number of rotatable bonds is 3. The topological polar surface area (TPSA) is 97.7 Å². The van der Waals surface area contributed by atoms with Gasteiger partial charge in [0.2, 0.25) is 0 Å². The van der Waals surface area contributed by atoms with E-state index in [0.29, 0.717) is 0 Å². The Morgan fingerprint density at radius 3 is 2.06 bits per heavy atom. The zero-order valence-electron chi connectivity index (χ0n) is 6.99. The molecular weight excluding hydrogens is 274 g/mol. The standard InChI is InChI=1S/C6H5FO6S2.Na.H/c7-5-3-1-2-4-6(5)13-15(11,12)14(8,9)10;;/h1-4H,(H,8,9,10);;. The van der Waals surface area contributed by atoms with Crippen LogP contribution in [0.5, 0.6) is 5.75 Å². The average molecular weight is 280 g/mol. The third kappa shape index (κ3) is 3.68. The van der Waals surface area contributed by atoms with Crippen LogP contribution in [0.25, 0.3) is 0 Å². The van der Waals surface area contributed by atoms with E-state index in [1.807, 2.05) is 0 Å². The van der Waals surface area contributed by atoms with Crippen molar-refractivity contribution in [3.63, 3.8) is 0 Å². The van der Waals surface area contributed by atoms with Gasteiger partial charge in [-0.1, -0.05) is 12.1 Å². The van der Waals surface area contributed by atoms with Gasteiger partial charge in [0.25, 0.3) is 0 Å². The van der Waals surface area contributed by atoms with Crippen molar-refractivity contribution in [2.75, 3.05) is 0 Å². The first-order chi connectivity index (χ1) is 6.74. The van der Waals surface area contributed by atoms with E-state index in [1.165, 1.54) is 12.1 Å². The molecule has 1 rings (SSSR count). The Bertz CT molecular complexity index is 566. The third-order valence-corrected chi connectivity index (χ3v) is 3.94. The number of hydrogen-bond donors (Lipinski definition) is 1. The Kier molecular flexibility index (Phi) is 5.36. The van der Waals surface area contributed by atoms with Gasteiger partial charge in [-0.15, -0.1) is 0 Å². The quantitative estimate of drug-likeness (QED) is 0.463. The van der Waals surface area contributed by atoms with Crippen LogP contribution >= 0.6 is 0 Å². The van der Waals surface area contributed by atoms with Crippen molar-refractivity contribution >= 4 is 47.9 Å². The zero-order valence-corrected chi connectivity index (χ0v) is 8.63. The Morgan fingerprint density at radius 2 is 1.62 bits per heavy atom. The van der Waals surface area contributed by atoms with Crippen LogP contribution in [-0.4, -0.2) is 50.9 Å². The second kappa shape index (κ2) is 5.43. The summed E-state index contributed by atoms with van der Waals surface area (Å²) in [7, 11) is -10.7. The molecule has 0 amide bonds. The first-order valence-corrected chi connectivity index (χ1v) is 6.77. The Hall–Kier alpha value is -0.190. The molecule has 0 saturated heterocycles. The summed E-state index contributed by atoms with van der Waals surface area (Å²) in [6.45, 7) is 0. The average Bonchev–Trinajstić information content (AvgIpc) is 2.06. The van der Waals surface area contributed by atoms with E-state index in [-0.39, 0.29) is 29.6 Å². The van der Waals surface area contributed by atoms with Gasteiger partial charge in [0.15, 0.2) is 11.6 Å². The summed E-state index contributed by atoms with van der Waals surface area (Å²) in [6, 6.07) is 4.26. The van der Waals surface area contributed by atoms with Gasteiger partial charge in [0, 0.05) is 0 Å². The first kappa shape index (κ1) is 15.8. The maximum atomic E-state index is 12.8. The molecule has 10 heteroatoms. The Balaban J connectivity index is 0.00000225. The summed E-state index contributed by atoms with van der Waals surface area (Å²) < 4.78 is 67.0. The van der Waals surface area contributed by atoms with Gasteiger partial charge >= 0.3 is 47.9 Å². The van der Waals surface area contributed by atoms with Crippen molar-refractivity contribution in [2.24, 2.45) is 0 Å². The molecule has 0 heterocycles. The van der Waals surface area contributed by atoms with Crippen LogP contribution in [0.3, 0.4) is 0 Å². The van der Waals surface area contributed by atoms with Gasteiger partial charge in [-0.25, -0.2) is 4.39 Å². The summed E-state index contributed by atoms with van der Waals surface area (Å²) in [4.78, 5) is 0. The van der Waals surface area contributed by atoms with Crippen LogP contribution in [0.15, 0.2) is 24.3 Å². The van der Waals surface area contributed by atoms with Gasteiger partial charge < -0.3 is 4.18 Å². The molecule has 1 aromatic carbocycles. The molecule has 6 nitrogen and oxygen atoms in total. The molecule has 0 fully saturated rings. The summed E-state index contributed by atoms with van der Waals surface area (Å²) in [5, 5.41) is 0. The van der Waals surface area contributed by atoms with Crippen LogP contribution in [-0.2, 0) is 18.3 Å². The van der Waals surface area contributed by atoms with Crippen LogP contribution in [0, 0.1) is 5.82 Å². The zero-order chi connectivity index (χ0) is 11.7. The monoisotopic (exact) mass is 280 g/mol. The van der Waals surface area contributed by atoms with Crippen molar-refractivity contribution in [1.29, 1.82) is 0 Å². The predicted molar refractivity (Wildman–Crippen MR) is 54.6 cm³/mol. The van der Waals surface area contributed by atoms with Crippen LogP contribution in [0.2, 0.25) is 0 Å². The molecule has 0 atom stereocenters. The van der Waals surface area contributed by atoms with E-state index in [1.54, 1.807) is 0 Å². The van der Waals surface area contributed by atoms with Crippen LogP contribution in [0.4, 0.5) is 4.39 Å². The van der Waals surface area contributed by atoms with Crippen molar-refractivity contribution in [1.82, 2.24) is 0 Å². The second-order valence-electron chi connectivity index (χ2n) is 2.35. The molecule has 0 saturated carbocycles. The van der Waals surface area contributed by atoms with E-state index >= 15 is 0 Å². The molecule has 86 valence electrons. The molecule has 0 aliphatic heterocycles. The van der Waals surface area contributed by atoms with Gasteiger partial charge in [0.1, 0.15) is 0 Å². The minimum atomic E-state index is -5.43. The fourth-order valence-electron chi connectivity index (χ4n) is 0.665. The van der Waals surface area contributed by atoms with Crippen molar-refractivity contribution in [2.45, 2.75) is 0 Å². The second-order valence-corrected chi connectivity index (χ2v) is 6.68. The fourth-order valence-corrected chi connectivity index (χ4v) is 1.58. The van der Waals surface area contributed by atoms with E-state index in [9.17, 15) is 21.2 Å². The summed E-state index contributed by atoms with van der Waals surface area (Å²) >= 11 is 0. The molecule has 16 heavy (non-hydrogen) atoms. The molecule has 0 unspecified atom stereocenters. The molecule has 1 aromatic rings. The number of hydrogen-bond acceptors (Lipinski definition) is 5. The van der Waals surface area contributed by atoms with Gasteiger partial charge in [-0.2, -0.15) is 16.8 Å². The first-order valence-electron chi connectivity index (χ1n) is 3.40. The molecule has 0 spiro atoms. The Morgan fingerprint density at radius 1 is 1.12 bits per heavy atom. The van der Waals surface area contributed by atoms with E-state index in [0.717, 1.165) is 12.1 Å². The predicted octanol–water partition coefficient (Wildman–Crippen LogP) is -0.311. The molecule has 0 bridgehead atoms. The van der Waals surface area contributed by atoms with E-state index in [2.05, 4.69) is 4.18 Å². The molecular formula is C6H6FNaO6S2. The van der Waals surface area contributed by atoms with Crippen molar-refractivity contribution < 1.29 is 30.0 Å². The van der Waals surface area contributed by atoms with E-state index < -0.39 is 29.9 Å². The van der Waals surface area contributed by atoms with Gasteiger partial charge in [0.05, 0.1) is 0 Å². The van der Waals surface area contributed by atoms with Gasteiger partial charge in [-0.3, -0.25) is 4.55 Å². The molecule has 0 radical (unpaired) electrons. The number of halogens is 1. The van der Waals surface area contributed by atoms with Crippen molar-refractivity contribution in [3.05, 3.63) is 30.1 Å². The summed E-state index contributed by atoms with van der Waals surface area (Å²) in [5.74, 6) is -1.88. The van der Waals surface area contributed by atoms with E-state index in [4.69, 9.17) is 4.55 Å². The summed E-state index contributed by atoms with van der Waals surface area (Å²) in [6.07, 6.45) is 0. The molecule has 1 N–H and O–H groups in total. The van der Waals surface area contributed by atoms with Crippen molar-refractivity contribution in [3.8, 4) is 5.75 Å². The SMILES string of the molecule is O=S(=O)(O)S(=O)(=O)Oc1ccccc1F.[NaH]. The normalized spacial score (nSPS) is 11.6. The third-order valence-electron chi connectivity index (χ3n) is 1.29. The molecule has 0 aromatic heterocycles. The maximum absolute atomic E-state index is 12.8. The molecule has 0 aliphatic rings. The van der Waals surface area contributed by atoms with Crippen LogP contribution in [0.1, 0.15) is 0 Å².